The Balaban J connectivity index is 2.07. The van der Waals surface area contributed by atoms with Gasteiger partial charge in [0.1, 0.15) is 23.4 Å². The second kappa shape index (κ2) is 15.9. The van der Waals surface area contributed by atoms with Crippen molar-refractivity contribution < 1.29 is 24.2 Å². The van der Waals surface area contributed by atoms with Gasteiger partial charge in [-0.3, -0.25) is 9.59 Å². The highest BCUT2D eigenvalue weighted by Crippen LogP contribution is 2.30. The lowest BCUT2D eigenvalue weighted by molar-refractivity contribution is -0.142. The number of unbranched alkanes of at least 4 members (excludes halogenated alkanes) is 2. The summed E-state index contributed by atoms with van der Waals surface area (Å²) in [5.74, 6) is -0.581. The van der Waals surface area contributed by atoms with Gasteiger partial charge in [0.15, 0.2) is 0 Å². The average Bonchev–Trinajstić information content (AvgIpc) is 2.96. The van der Waals surface area contributed by atoms with Crippen molar-refractivity contribution >= 4 is 17.9 Å². The van der Waals surface area contributed by atoms with Gasteiger partial charge in [0, 0.05) is 19.5 Å². The Morgan fingerprint density at radius 3 is 2.09 bits per heavy atom. The molecule has 0 saturated carbocycles. The Kier molecular flexibility index (Phi) is 12.4. The van der Waals surface area contributed by atoms with Crippen LogP contribution in [0.2, 0.25) is 0 Å². The monoisotopic (exact) mass is 601 g/mol. The Bertz CT molecular complexity index is 1360. The van der Waals surface area contributed by atoms with E-state index in [0.29, 0.717) is 19.5 Å². The summed E-state index contributed by atoms with van der Waals surface area (Å²) in [5, 5.41) is 15.7. The van der Waals surface area contributed by atoms with Crippen LogP contribution >= 0.6 is 0 Å². The quantitative estimate of drug-likeness (QED) is 0.193. The number of hydrogen-bond acceptors (Lipinski definition) is 5. The molecule has 2 atom stereocenters. The molecule has 3 aromatic carbocycles. The van der Waals surface area contributed by atoms with Crippen molar-refractivity contribution in [1.82, 2.24) is 15.5 Å². The van der Waals surface area contributed by atoms with E-state index in [0.717, 1.165) is 40.7 Å². The Morgan fingerprint density at radius 1 is 0.864 bits per heavy atom. The first-order valence-electron chi connectivity index (χ1n) is 15.3. The van der Waals surface area contributed by atoms with E-state index in [1.54, 1.807) is 49.9 Å². The molecule has 3 aromatic rings. The van der Waals surface area contributed by atoms with E-state index in [1.165, 1.54) is 0 Å². The van der Waals surface area contributed by atoms with Crippen molar-refractivity contribution in [2.45, 2.75) is 91.5 Å². The van der Waals surface area contributed by atoms with Crippen LogP contribution in [0.3, 0.4) is 0 Å². The van der Waals surface area contributed by atoms with Crippen LogP contribution in [-0.2, 0) is 27.3 Å². The van der Waals surface area contributed by atoms with E-state index in [9.17, 15) is 19.5 Å². The van der Waals surface area contributed by atoms with Gasteiger partial charge >= 0.3 is 6.09 Å². The van der Waals surface area contributed by atoms with Crippen LogP contribution in [0.15, 0.2) is 72.8 Å². The largest absolute Gasteiger partial charge is 0.508 e. The zero-order valence-corrected chi connectivity index (χ0v) is 26.9. The predicted molar refractivity (Wildman–Crippen MR) is 173 cm³/mol. The molecule has 0 aliphatic carbocycles. The number of carbonyl (C=O) groups is 3. The Morgan fingerprint density at radius 2 is 1.50 bits per heavy atom. The van der Waals surface area contributed by atoms with Gasteiger partial charge in [-0.1, -0.05) is 80.4 Å². The molecule has 0 bridgehead atoms. The summed E-state index contributed by atoms with van der Waals surface area (Å²) < 4.78 is 5.53. The number of rotatable bonds is 13. The predicted octanol–water partition coefficient (Wildman–Crippen LogP) is 6.52. The van der Waals surface area contributed by atoms with Crippen molar-refractivity contribution in [2.75, 3.05) is 6.54 Å². The van der Waals surface area contributed by atoms with Gasteiger partial charge in [0.25, 0.3) is 0 Å². The molecule has 3 N–H and O–H groups in total. The summed E-state index contributed by atoms with van der Waals surface area (Å²) in [5.41, 5.74) is 3.48. The van der Waals surface area contributed by atoms with E-state index in [1.807, 2.05) is 62.4 Å². The van der Waals surface area contributed by atoms with Crippen LogP contribution in [0.25, 0.3) is 0 Å². The van der Waals surface area contributed by atoms with Gasteiger partial charge in [0.2, 0.25) is 11.8 Å². The molecule has 8 nitrogen and oxygen atoms in total. The molecule has 0 aromatic heterocycles. The Hall–Kier alpha value is -4.33. The number of aromatic hydroxyl groups is 1. The number of benzene rings is 3. The summed E-state index contributed by atoms with van der Waals surface area (Å²) in [6.45, 7) is 11.9. The van der Waals surface area contributed by atoms with Crippen LogP contribution < -0.4 is 10.6 Å². The second-order valence-electron chi connectivity index (χ2n) is 12.2. The van der Waals surface area contributed by atoms with Gasteiger partial charge in [-0.05, 0) is 81.0 Å². The van der Waals surface area contributed by atoms with Gasteiger partial charge in [0.05, 0.1) is 0 Å². The minimum atomic E-state index is -1.02. The molecule has 236 valence electrons. The maximum absolute atomic E-state index is 14.7. The first-order chi connectivity index (χ1) is 20.9. The lowest BCUT2D eigenvalue weighted by atomic mass is 9.93. The number of hydrogen-bond donors (Lipinski definition) is 3. The van der Waals surface area contributed by atoms with Crippen molar-refractivity contribution in [3.8, 4) is 5.75 Å². The molecule has 0 aliphatic rings. The number of nitrogens with one attached hydrogen (secondary N) is 2. The third kappa shape index (κ3) is 10.1. The Labute approximate surface area is 261 Å². The third-order valence-electron chi connectivity index (χ3n) is 7.34. The van der Waals surface area contributed by atoms with E-state index >= 15 is 0 Å². The SMILES string of the molecule is CCCCCN(C(=O)C(Cc1ccc(O)cc1)NC(=O)OC(C)(C)C)C(C(=O)NCc1ccccc1)c1c(C)cccc1C. The summed E-state index contributed by atoms with van der Waals surface area (Å²) in [6, 6.07) is 20.0. The van der Waals surface area contributed by atoms with Crippen LogP contribution in [-0.4, -0.2) is 46.1 Å². The number of ether oxygens (including phenoxy) is 1. The summed E-state index contributed by atoms with van der Waals surface area (Å²) in [4.78, 5) is 43.5. The molecule has 8 heteroatoms. The summed E-state index contributed by atoms with van der Waals surface area (Å²) in [6.07, 6.45) is 1.92. The summed E-state index contributed by atoms with van der Waals surface area (Å²) >= 11 is 0. The van der Waals surface area contributed by atoms with Crippen molar-refractivity contribution in [3.05, 3.63) is 101 Å². The molecule has 0 aliphatic heterocycles. The number of carbonyl (C=O) groups excluding carboxylic acids is 3. The molecule has 0 spiro atoms. The number of alkyl carbamates (subject to hydrolysis) is 1. The first kappa shape index (κ1) is 34.2. The number of aryl methyl sites for hydroxylation is 2. The van der Waals surface area contributed by atoms with Crippen LogP contribution in [0, 0.1) is 13.8 Å². The van der Waals surface area contributed by atoms with Crippen molar-refractivity contribution in [2.24, 2.45) is 0 Å². The lowest BCUT2D eigenvalue weighted by Gasteiger charge is -2.36. The van der Waals surface area contributed by atoms with Crippen LogP contribution in [0.5, 0.6) is 5.75 Å². The fraction of sp³-hybridized carbons (Fsp3) is 0.417. The van der Waals surface area contributed by atoms with Gasteiger partial charge in [-0.2, -0.15) is 0 Å². The molecule has 2 unspecified atom stereocenters. The zero-order chi connectivity index (χ0) is 32.3. The molecular weight excluding hydrogens is 554 g/mol. The highest BCUT2D eigenvalue weighted by atomic mass is 16.6. The average molecular weight is 602 g/mol. The highest BCUT2D eigenvalue weighted by Gasteiger charge is 2.37. The molecule has 0 heterocycles. The fourth-order valence-electron chi connectivity index (χ4n) is 5.19. The molecule has 3 amide bonds. The maximum Gasteiger partial charge on any atom is 0.408 e. The zero-order valence-electron chi connectivity index (χ0n) is 26.9. The van der Waals surface area contributed by atoms with E-state index in [-0.39, 0.29) is 24.0 Å². The second-order valence-corrected chi connectivity index (χ2v) is 12.2. The van der Waals surface area contributed by atoms with Gasteiger partial charge in [-0.25, -0.2) is 4.79 Å². The van der Waals surface area contributed by atoms with Crippen LogP contribution in [0.1, 0.15) is 80.8 Å². The minimum absolute atomic E-state index is 0.100. The summed E-state index contributed by atoms with van der Waals surface area (Å²) in [7, 11) is 0. The molecule has 0 saturated heterocycles. The highest BCUT2D eigenvalue weighted by molar-refractivity contribution is 5.92. The number of nitrogens with zero attached hydrogens (tertiary/aromatic N) is 1. The standard InChI is InChI=1S/C36H47N3O5/c1-7-8-12-22-39(34(42)30(38-35(43)44-36(4,5)6)23-27-18-20-29(40)21-19-27)32(31-25(2)14-13-15-26(31)3)33(41)37-24-28-16-10-9-11-17-28/h9-11,13-21,30,32,40H,7-8,12,22-24H2,1-6H3,(H,37,41)(H,38,43). The molecule has 3 rings (SSSR count). The van der Waals surface area contributed by atoms with Crippen molar-refractivity contribution in [3.63, 3.8) is 0 Å². The normalized spacial score (nSPS) is 12.6. The van der Waals surface area contributed by atoms with E-state index in [4.69, 9.17) is 4.74 Å². The van der Waals surface area contributed by atoms with Crippen LogP contribution in [0.4, 0.5) is 4.79 Å². The lowest BCUT2D eigenvalue weighted by Crippen LogP contribution is -2.54. The molecule has 44 heavy (non-hydrogen) atoms. The fourth-order valence-corrected chi connectivity index (χ4v) is 5.19. The maximum atomic E-state index is 14.7. The first-order valence-corrected chi connectivity index (χ1v) is 15.3. The smallest absolute Gasteiger partial charge is 0.408 e. The number of phenols is 1. The van der Waals surface area contributed by atoms with Crippen molar-refractivity contribution in [1.29, 1.82) is 0 Å². The minimum Gasteiger partial charge on any atom is -0.508 e. The number of phenolic OH excluding ortho intramolecular Hbond substituents is 1. The van der Waals surface area contributed by atoms with Gasteiger partial charge < -0.3 is 25.4 Å². The van der Waals surface area contributed by atoms with Gasteiger partial charge in [-0.15, -0.1) is 0 Å². The molecule has 0 fully saturated rings. The molecule has 0 radical (unpaired) electrons. The third-order valence-corrected chi connectivity index (χ3v) is 7.34. The molecular formula is C36H47N3O5. The topological polar surface area (TPSA) is 108 Å². The number of amides is 3. The van der Waals surface area contributed by atoms with E-state index in [2.05, 4.69) is 17.6 Å². The van der Waals surface area contributed by atoms with E-state index < -0.39 is 23.8 Å².